The number of hydrogen-bond donors (Lipinski definition) is 2. The number of aliphatic hydroxyl groups is 1. The van der Waals surface area contributed by atoms with Gasteiger partial charge in [0.2, 0.25) is 0 Å². The average Bonchev–Trinajstić information content (AvgIpc) is 2.48. The molecule has 1 saturated carbocycles. The maximum Gasteiger partial charge on any atom is 0.175 e. The maximum absolute atomic E-state index is 11.5. The number of hydrogen-bond acceptors (Lipinski definition) is 4. The van der Waals surface area contributed by atoms with Crippen LogP contribution in [-0.2, 0) is 15.4 Å². The van der Waals surface area contributed by atoms with Gasteiger partial charge in [-0.3, -0.25) is 0 Å². The van der Waals surface area contributed by atoms with Crippen LogP contribution in [0.25, 0.3) is 0 Å². The summed E-state index contributed by atoms with van der Waals surface area (Å²) < 4.78 is 23.0. The molecule has 23 heavy (non-hydrogen) atoms. The highest BCUT2D eigenvalue weighted by Gasteiger charge is 2.30. The molecule has 0 unspecified atom stereocenters. The third-order valence-electron chi connectivity index (χ3n) is 5.32. The minimum Gasteiger partial charge on any atom is -0.384 e. The predicted molar refractivity (Wildman–Crippen MR) is 93.1 cm³/mol. The van der Waals surface area contributed by atoms with Gasteiger partial charge in [-0.15, -0.1) is 0 Å². The van der Waals surface area contributed by atoms with Crippen molar-refractivity contribution in [3.8, 4) is 0 Å². The summed E-state index contributed by atoms with van der Waals surface area (Å²) in [6.07, 6.45) is 4.85. The van der Waals surface area contributed by atoms with E-state index in [0.29, 0.717) is 24.4 Å². The van der Waals surface area contributed by atoms with Crippen LogP contribution in [0.3, 0.4) is 0 Å². The maximum atomic E-state index is 11.5. The largest absolute Gasteiger partial charge is 0.384 e. The second-order valence-electron chi connectivity index (χ2n) is 7.33. The smallest absolute Gasteiger partial charge is 0.175 e. The Balaban J connectivity index is 2.03. The third kappa shape index (κ3) is 4.55. The van der Waals surface area contributed by atoms with Crippen molar-refractivity contribution in [2.24, 2.45) is 11.8 Å². The zero-order valence-electron chi connectivity index (χ0n) is 14.5. The molecule has 0 spiro atoms. The van der Waals surface area contributed by atoms with Gasteiger partial charge in [0.25, 0.3) is 0 Å². The van der Waals surface area contributed by atoms with Gasteiger partial charge in [-0.25, -0.2) is 8.42 Å². The molecule has 0 radical (unpaired) electrons. The van der Waals surface area contributed by atoms with E-state index in [1.807, 2.05) is 0 Å². The van der Waals surface area contributed by atoms with Crippen LogP contribution in [-0.4, -0.2) is 32.4 Å². The molecule has 1 aliphatic carbocycles. The van der Waals surface area contributed by atoms with Gasteiger partial charge in [-0.2, -0.15) is 0 Å². The standard InChI is InChI=1S/C18H29NO3S/c1-13-6-5-7-17(14(13)2)19-12-18(3,20)15-8-10-16(11-9-15)23(4,21)22/h8-11,13-14,17,19-20H,5-7,12H2,1-4H3/t13-,14+,17+,18-/m1/s1. The van der Waals surface area contributed by atoms with Crippen molar-refractivity contribution in [3.05, 3.63) is 29.8 Å². The molecule has 0 aromatic heterocycles. The molecule has 1 fully saturated rings. The lowest BCUT2D eigenvalue weighted by atomic mass is 9.78. The van der Waals surface area contributed by atoms with E-state index in [9.17, 15) is 13.5 Å². The van der Waals surface area contributed by atoms with Gasteiger partial charge in [0.05, 0.1) is 10.5 Å². The Kier molecular flexibility index (Phi) is 5.54. The number of benzene rings is 1. The molecule has 4 nitrogen and oxygen atoms in total. The van der Waals surface area contributed by atoms with Crippen LogP contribution in [0.4, 0.5) is 0 Å². The first-order valence-corrected chi connectivity index (χ1v) is 10.3. The lowest BCUT2D eigenvalue weighted by Gasteiger charge is -2.37. The summed E-state index contributed by atoms with van der Waals surface area (Å²) in [4.78, 5) is 0.278. The molecule has 4 atom stereocenters. The molecule has 0 amide bonds. The molecule has 0 heterocycles. The van der Waals surface area contributed by atoms with Crippen LogP contribution >= 0.6 is 0 Å². The Labute approximate surface area is 140 Å². The fraction of sp³-hybridized carbons (Fsp3) is 0.667. The zero-order valence-corrected chi connectivity index (χ0v) is 15.4. The molecule has 130 valence electrons. The molecule has 0 aliphatic heterocycles. The summed E-state index contributed by atoms with van der Waals surface area (Å²) >= 11 is 0. The van der Waals surface area contributed by atoms with Gasteiger partial charge < -0.3 is 10.4 Å². The van der Waals surface area contributed by atoms with E-state index < -0.39 is 15.4 Å². The van der Waals surface area contributed by atoms with Gasteiger partial charge in [0.15, 0.2) is 9.84 Å². The van der Waals surface area contributed by atoms with Crippen molar-refractivity contribution in [3.63, 3.8) is 0 Å². The van der Waals surface area contributed by atoms with E-state index in [4.69, 9.17) is 0 Å². The van der Waals surface area contributed by atoms with Crippen LogP contribution in [0.15, 0.2) is 29.2 Å². The Morgan fingerprint density at radius 2 is 1.83 bits per heavy atom. The molecule has 0 bridgehead atoms. The lowest BCUT2D eigenvalue weighted by molar-refractivity contribution is 0.0468. The molecule has 2 rings (SSSR count). The Morgan fingerprint density at radius 1 is 1.22 bits per heavy atom. The van der Waals surface area contributed by atoms with E-state index in [2.05, 4.69) is 19.2 Å². The SMILES string of the molecule is C[C@H]1[C@H](C)CCC[C@@H]1NC[C@@](C)(O)c1ccc(S(C)(=O)=O)cc1. The zero-order chi connectivity index (χ0) is 17.3. The first-order chi connectivity index (χ1) is 10.6. The second-order valence-corrected chi connectivity index (χ2v) is 9.34. The Hall–Kier alpha value is -0.910. The third-order valence-corrected chi connectivity index (χ3v) is 6.45. The van der Waals surface area contributed by atoms with Gasteiger partial charge in [0, 0.05) is 18.8 Å². The predicted octanol–water partition coefficient (Wildman–Crippen LogP) is 2.71. The fourth-order valence-electron chi connectivity index (χ4n) is 3.36. The monoisotopic (exact) mass is 339 g/mol. The quantitative estimate of drug-likeness (QED) is 0.865. The van der Waals surface area contributed by atoms with Gasteiger partial charge in [-0.1, -0.05) is 38.8 Å². The summed E-state index contributed by atoms with van der Waals surface area (Å²) in [5.41, 5.74) is -0.287. The van der Waals surface area contributed by atoms with E-state index in [-0.39, 0.29) is 4.90 Å². The topological polar surface area (TPSA) is 66.4 Å². The number of nitrogens with one attached hydrogen (secondary N) is 1. The molecule has 0 saturated heterocycles. The van der Waals surface area contributed by atoms with Crippen molar-refractivity contribution < 1.29 is 13.5 Å². The van der Waals surface area contributed by atoms with Gasteiger partial charge in [0.1, 0.15) is 0 Å². The summed E-state index contributed by atoms with van der Waals surface area (Å²) in [6, 6.07) is 6.95. The van der Waals surface area contributed by atoms with Crippen LogP contribution < -0.4 is 5.32 Å². The van der Waals surface area contributed by atoms with Gasteiger partial charge >= 0.3 is 0 Å². The van der Waals surface area contributed by atoms with Crippen molar-refractivity contribution >= 4 is 9.84 Å². The van der Waals surface area contributed by atoms with Crippen molar-refractivity contribution in [1.29, 1.82) is 0 Å². The van der Waals surface area contributed by atoms with Crippen molar-refractivity contribution in [2.45, 2.75) is 56.6 Å². The van der Waals surface area contributed by atoms with Gasteiger partial charge in [-0.05, 0) is 42.9 Å². The molecule has 2 N–H and O–H groups in total. The van der Waals surface area contributed by atoms with Crippen molar-refractivity contribution in [2.75, 3.05) is 12.8 Å². The molecule has 1 aliphatic rings. The van der Waals surface area contributed by atoms with E-state index in [0.717, 1.165) is 12.0 Å². The number of rotatable bonds is 5. The van der Waals surface area contributed by atoms with E-state index in [1.54, 1.807) is 31.2 Å². The van der Waals surface area contributed by atoms with E-state index >= 15 is 0 Å². The molecule has 1 aromatic carbocycles. The van der Waals surface area contributed by atoms with Crippen LogP contribution in [0.5, 0.6) is 0 Å². The second kappa shape index (κ2) is 6.91. The van der Waals surface area contributed by atoms with E-state index in [1.165, 1.54) is 19.1 Å². The highest BCUT2D eigenvalue weighted by molar-refractivity contribution is 7.90. The molecule has 5 heteroatoms. The summed E-state index contributed by atoms with van der Waals surface area (Å²) in [6.45, 7) is 6.80. The normalized spacial score (nSPS) is 28.3. The van der Waals surface area contributed by atoms with Crippen molar-refractivity contribution in [1.82, 2.24) is 5.32 Å². The summed E-state index contributed by atoms with van der Waals surface area (Å²) in [7, 11) is -3.21. The van der Waals surface area contributed by atoms with Crippen LogP contribution in [0.1, 0.15) is 45.6 Å². The minimum absolute atomic E-state index is 0.278. The number of sulfone groups is 1. The van der Waals surface area contributed by atoms with Crippen LogP contribution in [0.2, 0.25) is 0 Å². The summed E-state index contributed by atoms with van der Waals surface area (Å²) in [5.74, 6) is 1.31. The first-order valence-electron chi connectivity index (χ1n) is 8.37. The highest BCUT2D eigenvalue weighted by atomic mass is 32.2. The highest BCUT2D eigenvalue weighted by Crippen LogP contribution is 2.30. The Morgan fingerprint density at radius 3 is 2.39 bits per heavy atom. The first kappa shape index (κ1) is 18.4. The lowest BCUT2D eigenvalue weighted by Crippen LogP contribution is -2.46. The summed E-state index contributed by atoms with van der Waals surface area (Å²) in [5, 5.41) is 14.3. The average molecular weight is 340 g/mol. The Bertz CT molecular complexity index is 622. The molecular formula is C18H29NO3S. The van der Waals surface area contributed by atoms with Crippen LogP contribution in [0, 0.1) is 11.8 Å². The fourth-order valence-corrected chi connectivity index (χ4v) is 3.99. The minimum atomic E-state index is -3.21. The molecular weight excluding hydrogens is 310 g/mol. The molecule has 1 aromatic rings.